The number of rotatable bonds is 8. The number of amides is 1. The molecule has 0 fully saturated rings. The van der Waals surface area contributed by atoms with Crippen LogP contribution in [0.3, 0.4) is 0 Å². The maximum atomic E-state index is 12.1. The van der Waals surface area contributed by atoms with Gasteiger partial charge < -0.3 is 14.8 Å². The number of nitrogens with one attached hydrogen (secondary N) is 1. The molecular formula is C20H25NO3. The van der Waals surface area contributed by atoms with Crippen LogP contribution < -0.4 is 14.8 Å². The lowest BCUT2D eigenvalue weighted by atomic mass is 10.0. The summed E-state index contributed by atoms with van der Waals surface area (Å²) >= 11 is 0. The summed E-state index contributed by atoms with van der Waals surface area (Å²) in [5.41, 5.74) is 2.30. The minimum absolute atomic E-state index is 0.0120. The molecule has 0 heterocycles. The van der Waals surface area contributed by atoms with Crippen LogP contribution in [0.15, 0.2) is 48.5 Å². The number of methoxy groups -OCH3 is 1. The van der Waals surface area contributed by atoms with Crippen LogP contribution in [0.25, 0.3) is 0 Å². The molecule has 1 atom stereocenters. The molecule has 1 N–H and O–H groups in total. The Bertz CT molecular complexity index is 635. The van der Waals surface area contributed by atoms with E-state index in [0.29, 0.717) is 5.75 Å². The third-order valence-electron chi connectivity index (χ3n) is 3.96. The molecule has 128 valence electrons. The van der Waals surface area contributed by atoms with E-state index in [1.807, 2.05) is 55.5 Å². The number of ether oxygens (including phenoxy) is 2. The zero-order valence-corrected chi connectivity index (χ0v) is 14.5. The molecule has 0 aliphatic heterocycles. The van der Waals surface area contributed by atoms with Gasteiger partial charge in [0.1, 0.15) is 11.5 Å². The van der Waals surface area contributed by atoms with E-state index in [1.165, 1.54) is 5.56 Å². The molecule has 0 saturated heterocycles. The minimum atomic E-state index is -0.128. The van der Waals surface area contributed by atoms with Gasteiger partial charge >= 0.3 is 0 Å². The van der Waals surface area contributed by atoms with Crippen LogP contribution in [-0.2, 0) is 11.2 Å². The summed E-state index contributed by atoms with van der Waals surface area (Å²) in [7, 11) is 1.64. The Morgan fingerprint density at radius 3 is 2.17 bits per heavy atom. The van der Waals surface area contributed by atoms with Gasteiger partial charge in [0.05, 0.1) is 13.2 Å². The Morgan fingerprint density at radius 2 is 1.62 bits per heavy atom. The molecule has 0 aromatic heterocycles. The molecule has 0 spiro atoms. The summed E-state index contributed by atoms with van der Waals surface area (Å²) in [4.78, 5) is 12.1. The second-order valence-electron chi connectivity index (χ2n) is 5.59. The maximum absolute atomic E-state index is 12.1. The third-order valence-corrected chi connectivity index (χ3v) is 3.96. The first-order valence-corrected chi connectivity index (χ1v) is 8.31. The van der Waals surface area contributed by atoms with Crippen molar-refractivity contribution in [3.05, 3.63) is 59.7 Å². The molecule has 2 aromatic carbocycles. The molecule has 1 amide bonds. The SMILES string of the molecule is CCc1ccc(OCC(=O)NC(CC)c2ccc(OC)cc2)cc1. The Balaban J connectivity index is 1.88. The fourth-order valence-electron chi connectivity index (χ4n) is 2.46. The number of hydrogen-bond donors (Lipinski definition) is 1. The summed E-state index contributed by atoms with van der Waals surface area (Å²) in [5, 5.41) is 3.01. The number of benzene rings is 2. The lowest BCUT2D eigenvalue weighted by Gasteiger charge is -2.18. The van der Waals surface area contributed by atoms with E-state index < -0.39 is 0 Å². The van der Waals surface area contributed by atoms with Crippen molar-refractivity contribution in [2.45, 2.75) is 32.7 Å². The Hall–Kier alpha value is -2.49. The lowest BCUT2D eigenvalue weighted by molar-refractivity contribution is -0.123. The molecule has 24 heavy (non-hydrogen) atoms. The van der Waals surface area contributed by atoms with E-state index in [0.717, 1.165) is 24.2 Å². The van der Waals surface area contributed by atoms with Crippen LogP contribution in [0.5, 0.6) is 11.5 Å². The van der Waals surface area contributed by atoms with Crippen LogP contribution in [0.4, 0.5) is 0 Å². The summed E-state index contributed by atoms with van der Waals surface area (Å²) < 4.78 is 10.7. The van der Waals surface area contributed by atoms with Crippen LogP contribution in [0.2, 0.25) is 0 Å². The largest absolute Gasteiger partial charge is 0.497 e. The molecule has 4 nitrogen and oxygen atoms in total. The smallest absolute Gasteiger partial charge is 0.258 e. The molecule has 2 aromatic rings. The fraction of sp³-hybridized carbons (Fsp3) is 0.350. The van der Waals surface area contributed by atoms with E-state index >= 15 is 0 Å². The molecule has 0 aliphatic rings. The van der Waals surface area contributed by atoms with Crippen molar-refractivity contribution in [1.29, 1.82) is 0 Å². The van der Waals surface area contributed by atoms with Gasteiger partial charge in [-0.15, -0.1) is 0 Å². The van der Waals surface area contributed by atoms with E-state index in [-0.39, 0.29) is 18.6 Å². The van der Waals surface area contributed by atoms with Gasteiger partial charge in [0, 0.05) is 0 Å². The Morgan fingerprint density at radius 1 is 1.00 bits per heavy atom. The fourth-order valence-corrected chi connectivity index (χ4v) is 2.46. The standard InChI is InChI=1S/C20H25NO3/c1-4-15-6-10-18(11-7-15)24-14-20(22)21-19(5-2)16-8-12-17(23-3)13-9-16/h6-13,19H,4-5,14H2,1-3H3,(H,21,22). The van der Waals surface area contributed by atoms with Crippen LogP contribution in [0.1, 0.15) is 37.4 Å². The van der Waals surface area contributed by atoms with Gasteiger partial charge in [-0.1, -0.05) is 38.1 Å². The molecule has 0 bridgehead atoms. The number of carbonyl (C=O) groups is 1. The zero-order valence-electron chi connectivity index (χ0n) is 14.5. The molecular weight excluding hydrogens is 302 g/mol. The van der Waals surface area contributed by atoms with E-state index in [4.69, 9.17) is 9.47 Å². The zero-order chi connectivity index (χ0) is 17.4. The number of carbonyl (C=O) groups excluding carboxylic acids is 1. The van der Waals surface area contributed by atoms with Gasteiger partial charge in [-0.25, -0.2) is 0 Å². The van der Waals surface area contributed by atoms with Gasteiger partial charge in [-0.05, 0) is 48.2 Å². The Labute approximate surface area is 143 Å². The van der Waals surface area contributed by atoms with Crippen molar-refractivity contribution >= 4 is 5.91 Å². The maximum Gasteiger partial charge on any atom is 0.258 e. The summed E-state index contributed by atoms with van der Waals surface area (Å²) in [6.45, 7) is 4.16. The first-order chi connectivity index (χ1) is 11.7. The van der Waals surface area contributed by atoms with E-state index in [1.54, 1.807) is 7.11 Å². The van der Waals surface area contributed by atoms with Crippen molar-refractivity contribution < 1.29 is 14.3 Å². The van der Waals surface area contributed by atoms with Crippen LogP contribution >= 0.6 is 0 Å². The van der Waals surface area contributed by atoms with Crippen LogP contribution in [0, 0.1) is 0 Å². The predicted octanol–water partition coefficient (Wildman–Crippen LogP) is 3.90. The van der Waals surface area contributed by atoms with Crippen LogP contribution in [-0.4, -0.2) is 19.6 Å². The normalized spacial score (nSPS) is 11.6. The number of hydrogen-bond acceptors (Lipinski definition) is 3. The van der Waals surface area contributed by atoms with Gasteiger partial charge in [-0.3, -0.25) is 4.79 Å². The number of aryl methyl sites for hydroxylation is 1. The van der Waals surface area contributed by atoms with Gasteiger partial charge in [0.15, 0.2) is 6.61 Å². The average molecular weight is 327 g/mol. The first kappa shape index (κ1) is 17.9. The van der Waals surface area contributed by atoms with Crippen molar-refractivity contribution in [3.63, 3.8) is 0 Å². The molecule has 0 aliphatic carbocycles. The summed E-state index contributed by atoms with van der Waals surface area (Å²) in [6.07, 6.45) is 1.80. The van der Waals surface area contributed by atoms with Crippen molar-refractivity contribution in [1.82, 2.24) is 5.32 Å². The van der Waals surface area contributed by atoms with E-state index in [2.05, 4.69) is 12.2 Å². The molecule has 2 rings (SSSR count). The summed E-state index contributed by atoms with van der Waals surface area (Å²) in [5.74, 6) is 1.39. The van der Waals surface area contributed by atoms with Crippen molar-refractivity contribution in [2.75, 3.05) is 13.7 Å². The quantitative estimate of drug-likeness (QED) is 0.800. The molecule has 0 saturated carbocycles. The highest BCUT2D eigenvalue weighted by Gasteiger charge is 2.13. The lowest BCUT2D eigenvalue weighted by Crippen LogP contribution is -2.32. The second kappa shape index (κ2) is 8.96. The van der Waals surface area contributed by atoms with Crippen molar-refractivity contribution in [3.8, 4) is 11.5 Å². The summed E-state index contributed by atoms with van der Waals surface area (Å²) in [6, 6.07) is 15.5. The monoisotopic (exact) mass is 327 g/mol. The topological polar surface area (TPSA) is 47.6 Å². The van der Waals surface area contributed by atoms with Crippen molar-refractivity contribution in [2.24, 2.45) is 0 Å². The molecule has 1 unspecified atom stereocenters. The van der Waals surface area contributed by atoms with Gasteiger partial charge in [0.2, 0.25) is 0 Å². The highest BCUT2D eigenvalue weighted by Crippen LogP contribution is 2.20. The molecule has 4 heteroatoms. The van der Waals surface area contributed by atoms with E-state index in [9.17, 15) is 4.79 Å². The highest BCUT2D eigenvalue weighted by molar-refractivity contribution is 5.78. The third kappa shape index (κ3) is 5.01. The second-order valence-corrected chi connectivity index (χ2v) is 5.59. The highest BCUT2D eigenvalue weighted by atomic mass is 16.5. The first-order valence-electron chi connectivity index (χ1n) is 8.31. The molecule has 0 radical (unpaired) electrons. The minimum Gasteiger partial charge on any atom is -0.497 e. The van der Waals surface area contributed by atoms with Gasteiger partial charge in [-0.2, -0.15) is 0 Å². The predicted molar refractivity (Wildman–Crippen MR) is 95.5 cm³/mol. The Kier molecular flexibility index (Phi) is 6.67. The average Bonchev–Trinajstić information content (AvgIpc) is 2.65. The van der Waals surface area contributed by atoms with Gasteiger partial charge in [0.25, 0.3) is 5.91 Å².